The van der Waals surface area contributed by atoms with Gasteiger partial charge in [-0.05, 0) is 31.7 Å². The summed E-state index contributed by atoms with van der Waals surface area (Å²) >= 11 is 0. The minimum Gasteiger partial charge on any atom is -0.497 e. The molecule has 166 valence electrons. The smallest absolute Gasteiger partial charge is 0.237 e. The van der Waals surface area contributed by atoms with Gasteiger partial charge >= 0.3 is 0 Å². The fourth-order valence-electron chi connectivity index (χ4n) is 3.23. The van der Waals surface area contributed by atoms with Gasteiger partial charge in [0.25, 0.3) is 0 Å². The Morgan fingerprint density at radius 2 is 2.03 bits per heavy atom. The lowest BCUT2D eigenvalue weighted by Crippen LogP contribution is -2.43. The van der Waals surface area contributed by atoms with Crippen LogP contribution in [0.5, 0.6) is 11.5 Å². The summed E-state index contributed by atoms with van der Waals surface area (Å²) in [6.45, 7) is 0.186. The van der Waals surface area contributed by atoms with Gasteiger partial charge in [-0.2, -0.15) is 0 Å². The highest BCUT2D eigenvalue weighted by Gasteiger charge is 2.24. The number of likely N-dealkylation sites (N-methyl/N-ethyl adjacent to an activating group) is 2. The molecule has 0 aliphatic heterocycles. The van der Waals surface area contributed by atoms with Gasteiger partial charge in [0.15, 0.2) is 6.29 Å². The summed E-state index contributed by atoms with van der Waals surface area (Å²) in [5, 5.41) is 2.60. The summed E-state index contributed by atoms with van der Waals surface area (Å²) in [4.78, 5) is 36.4. The second kappa shape index (κ2) is 11.8. The quantitative estimate of drug-likeness (QED) is 0.521. The number of nitrogens with zero attached hydrogens (tertiary/aromatic N) is 1. The standard InChI is InChI=1S/C23H27FN2O5/c1-25-23(29)21(7-5-11-27)26(2)13-19-16(14-28)6-4-8-22(19)31-15-17-9-10-18(30-3)12-20(17)24/h4,6,8-12,14,21H,5,7,13,15H2,1-3H3,(H,25,29). The molecule has 2 aromatic rings. The zero-order chi connectivity index (χ0) is 22.8. The Kier molecular flexibility index (Phi) is 9.14. The van der Waals surface area contributed by atoms with Crippen molar-refractivity contribution in [3.8, 4) is 11.5 Å². The molecule has 0 aliphatic carbocycles. The normalized spacial score (nSPS) is 11.6. The molecule has 1 unspecified atom stereocenters. The molecule has 0 radical (unpaired) electrons. The van der Waals surface area contributed by atoms with Crippen LogP contribution in [-0.2, 0) is 22.7 Å². The molecule has 31 heavy (non-hydrogen) atoms. The van der Waals surface area contributed by atoms with Gasteiger partial charge in [-0.15, -0.1) is 0 Å². The summed E-state index contributed by atoms with van der Waals surface area (Å²) in [6.07, 6.45) is 2.06. The van der Waals surface area contributed by atoms with E-state index in [9.17, 15) is 18.8 Å². The maximum atomic E-state index is 14.3. The van der Waals surface area contributed by atoms with Crippen molar-refractivity contribution in [2.24, 2.45) is 0 Å². The molecule has 0 spiro atoms. The fourth-order valence-corrected chi connectivity index (χ4v) is 3.23. The first-order valence-corrected chi connectivity index (χ1v) is 9.82. The lowest BCUT2D eigenvalue weighted by atomic mass is 10.0. The maximum absolute atomic E-state index is 14.3. The number of aldehydes is 2. The van der Waals surface area contributed by atoms with Crippen molar-refractivity contribution in [3.05, 3.63) is 58.9 Å². The monoisotopic (exact) mass is 430 g/mol. The minimum atomic E-state index is -0.554. The Morgan fingerprint density at radius 1 is 1.26 bits per heavy atom. The molecule has 2 aromatic carbocycles. The van der Waals surface area contributed by atoms with E-state index in [1.165, 1.54) is 20.2 Å². The van der Waals surface area contributed by atoms with Crippen molar-refractivity contribution in [1.82, 2.24) is 10.2 Å². The molecular formula is C23H27FN2O5. The Bertz CT molecular complexity index is 919. The fraction of sp³-hybridized carbons (Fsp3) is 0.348. The van der Waals surface area contributed by atoms with E-state index in [4.69, 9.17) is 9.47 Å². The van der Waals surface area contributed by atoms with Gasteiger partial charge in [-0.1, -0.05) is 12.1 Å². The first-order chi connectivity index (χ1) is 14.9. The SMILES string of the molecule is CNC(=O)C(CCC=O)N(C)Cc1c(C=O)cccc1OCc1ccc(OC)cc1F. The van der Waals surface area contributed by atoms with E-state index >= 15 is 0 Å². The number of halogens is 1. The third-order valence-electron chi connectivity index (χ3n) is 4.99. The minimum absolute atomic E-state index is 0.0428. The van der Waals surface area contributed by atoms with Gasteiger partial charge in [0.05, 0.1) is 13.2 Å². The van der Waals surface area contributed by atoms with E-state index in [1.807, 2.05) is 0 Å². The number of rotatable bonds is 12. The average Bonchev–Trinajstić information content (AvgIpc) is 2.78. The molecular weight excluding hydrogens is 403 g/mol. The molecule has 1 atom stereocenters. The summed E-state index contributed by atoms with van der Waals surface area (Å²) < 4.78 is 25.1. The van der Waals surface area contributed by atoms with Gasteiger partial charge in [0.1, 0.15) is 30.2 Å². The summed E-state index contributed by atoms with van der Waals surface area (Å²) in [6, 6.07) is 8.95. The van der Waals surface area contributed by atoms with Gasteiger partial charge in [0.2, 0.25) is 5.91 Å². The number of carbonyl (C=O) groups excluding carboxylic acids is 3. The van der Waals surface area contributed by atoms with Crippen molar-refractivity contribution in [2.45, 2.75) is 32.0 Å². The molecule has 1 amide bonds. The maximum Gasteiger partial charge on any atom is 0.237 e. The van der Waals surface area contributed by atoms with E-state index in [2.05, 4.69) is 5.32 Å². The van der Waals surface area contributed by atoms with E-state index in [0.29, 0.717) is 40.9 Å². The number of hydrogen-bond donors (Lipinski definition) is 1. The van der Waals surface area contributed by atoms with Crippen molar-refractivity contribution in [3.63, 3.8) is 0 Å². The first-order valence-electron chi connectivity index (χ1n) is 9.82. The zero-order valence-corrected chi connectivity index (χ0v) is 17.9. The highest BCUT2D eigenvalue weighted by molar-refractivity contribution is 5.82. The van der Waals surface area contributed by atoms with E-state index < -0.39 is 11.9 Å². The molecule has 8 heteroatoms. The number of ether oxygens (including phenoxy) is 2. The Hall–Kier alpha value is -3.26. The van der Waals surface area contributed by atoms with Crippen LogP contribution in [0.4, 0.5) is 4.39 Å². The zero-order valence-electron chi connectivity index (χ0n) is 17.9. The number of hydrogen-bond acceptors (Lipinski definition) is 6. The molecule has 0 aromatic heterocycles. The van der Waals surface area contributed by atoms with Crippen LogP contribution in [0.15, 0.2) is 36.4 Å². The van der Waals surface area contributed by atoms with E-state index in [0.717, 1.165) is 6.29 Å². The van der Waals surface area contributed by atoms with Crippen molar-refractivity contribution >= 4 is 18.5 Å². The number of nitrogens with one attached hydrogen (secondary N) is 1. The van der Waals surface area contributed by atoms with Crippen molar-refractivity contribution in [1.29, 1.82) is 0 Å². The van der Waals surface area contributed by atoms with Crippen LogP contribution in [0.3, 0.4) is 0 Å². The molecule has 0 saturated carbocycles. The van der Waals surface area contributed by atoms with Crippen LogP contribution in [0.1, 0.15) is 34.3 Å². The van der Waals surface area contributed by atoms with Crippen LogP contribution in [-0.4, -0.2) is 50.6 Å². The second-order valence-electron chi connectivity index (χ2n) is 6.98. The van der Waals surface area contributed by atoms with Gasteiger partial charge in [-0.25, -0.2) is 4.39 Å². The van der Waals surface area contributed by atoms with Crippen LogP contribution in [0.2, 0.25) is 0 Å². The Balaban J connectivity index is 2.25. The highest BCUT2D eigenvalue weighted by Crippen LogP contribution is 2.26. The molecule has 1 N–H and O–H groups in total. The largest absolute Gasteiger partial charge is 0.497 e. The Morgan fingerprint density at radius 3 is 2.65 bits per heavy atom. The van der Waals surface area contributed by atoms with Crippen LogP contribution < -0.4 is 14.8 Å². The highest BCUT2D eigenvalue weighted by atomic mass is 19.1. The lowest BCUT2D eigenvalue weighted by molar-refractivity contribution is -0.126. The predicted molar refractivity (Wildman–Crippen MR) is 114 cm³/mol. The van der Waals surface area contributed by atoms with E-state index in [-0.39, 0.29) is 25.5 Å². The van der Waals surface area contributed by atoms with Gasteiger partial charge in [-0.3, -0.25) is 14.5 Å². The molecule has 7 nitrogen and oxygen atoms in total. The number of methoxy groups -OCH3 is 1. The summed E-state index contributed by atoms with van der Waals surface area (Å²) in [5.74, 6) is 0.133. The lowest BCUT2D eigenvalue weighted by Gasteiger charge is -2.27. The second-order valence-corrected chi connectivity index (χ2v) is 6.98. The van der Waals surface area contributed by atoms with Crippen molar-refractivity contribution < 1.29 is 28.2 Å². The molecule has 0 aliphatic rings. The molecule has 2 rings (SSSR count). The topological polar surface area (TPSA) is 84.9 Å². The molecule has 0 bridgehead atoms. The van der Waals surface area contributed by atoms with Crippen molar-refractivity contribution in [2.75, 3.05) is 21.2 Å². The first kappa shape index (κ1) is 24.0. The Labute approximate surface area is 181 Å². The summed E-state index contributed by atoms with van der Waals surface area (Å²) in [5.41, 5.74) is 1.32. The third kappa shape index (κ3) is 6.36. The number of carbonyl (C=O) groups is 3. The molecule has 0 saturated heterocycles. The van der Waals surface area contributed by atoms with Gasteiger partial charge < -0.3 is 19.6 Å². The van der Waals surface area contributed by atoms with Crippen LogP contribution >= 0.6 is 0 Å². The van der Waals surface area contributed by atoms with E-state index in [1.54, 1.807) is 42.3 Å². The third-order valence-corrected chi connectivity index (χ3v) is 4.99. The number of benzene rings is 2. The summed E-state index contributed by atoms with van der Waals surface area (Å²) in [7, 11) is 4.72. The number of amides is 1. The van der Waals surface area contributed by atoms with Crippen LogP contribution in [0.25, 0.3) is 0 Å². The molecule has 0 fully saturated rings. The van der Waals surface area contributed by atoms with Gasteiger partial charge in [0, 0.05) is 42.8 Å². The predicted octanol–water partition coefficient (Wildman–Crippen LogP) is 2.75. The molecule has 0 heterocycles. The van der Waals surface area contributed by atoms with Crippen LogP contribution in [0, 0.1) is 5.82 Å². The average molecular weight is 430 g/mol.